The first-order valence-corrected chi connectivity index (χ1v) is 21.4. The first-order valence-electron chi connectivity index (χ1n) is 21.4. The number of aromatic nitrogens is 3. The Morgan fingerprint density at radius 3 is 2.00 bits per heavy atom. The average Bonchev–Trinajstić information content (AvgIpc) is 3.90. The maximum Gasteiger partial charge on any atom is 0.164 e. The molecule has 12 rings (SSSR count). The number of rotatable bonds is 7. The lowest BCUT2D eigenvalue weighted by Crippen LogP contribution is -2.14. The molecule has 0 bridgehead atoms. The lowest BCUT2D eigenvalue weighted by Gasteiger charge is -2.25. The molecule has 1 aliphatic heterocycles. The summed E-state index contributed by atoms with van der Waals surface area (Å²) in [7, 11) is 0. The molecule has 7 aromatic carbocycles. The topological polar surface area (TPSA) is 55.1 Å². The predicted octanol–water partition coefficient (Wildman–Crippen LogP) is 14.9. The van der Waals surface area contributed by atoms with Crippen LogP contribution in [0.25, 0.3) is 83.9 Å². The monoisotopic (exact) mass is 796 g/mol. The molecule has 2 aliphatic carbocycles. The van der Waals surface area contributed by atoms with Crippen LogP contribution in [-0.4, -0.2) is 15.0 Å². The second kappa shape index (κ2) is 15.0. The van der Waals surface area contributed by atoms with Crippen LogP contribution >= 0.6 is 0 Å². The van der Waals surface area contributed by atoms with Crippen LogP contribution in [-0.2, 0) is 0 Å². The van der Waals surface area contributed by atoms with Crippen molar-refractivity contribution in [1.29, 1.82) is 0 Å². The molecule has 0 radical (unpaired) electrons. The summed E-state index contributed by atoms with van der Waals surface area (Å²) in [5.74, 6) is 2.12. The van der Waals surface area contributed by atoms with Crippen LogP contribution in [0.1, 0.15) is 36.3 Å². The van der Waals surface area contributed by atoms with Gasteiger partial charge in [0.15, 0.2) is 17.5 Å². The highest BCUT2D eigenvalue weighted by atomic mass is 16.3. The fraction of sp³-hybridized carbons (Fsp3) is 0.0702. The smallest absolute Gasteiger partial charge is 0.164 e. The third-order valence-corrected chi connectivity index (χ3v) is 12.5. The normalized spacial score (nSPS) is 15.4. The minimum Gasteiger partial charge on any atom is -0.456 e. The maximum absolute atomic E-state index is 6.55. The van der Waals surface area contributed by atoms with E-state index in [2.05, 4.69) is 157 Å². The summed E-state index contributed by atoms with van der Waals surface area (Å²) >= 11 is 0. The van der Waals surface area contributed by atoms with Crippen molar-refractivity contribution in [3.8, 4) is 56.4 Å². The van der Waals surface area contributed by atoms with Crippen molar-refractivity contribution < 1.29 is 4.42 Å². The van der Waals surface area contributed by atoms with Gasteiger partial charge in [-0.05, 0) is 107 Å². The Kier molecular flexibility index (Phi) is 8.70. The van der Waals surface area contributed by atoms with Gasteiger partial charge in [0, 0.05) is 50.5 Å². The molecule has 0 fully saturated rings. The van der Waals surface area contributed by atoms with Gasteiger partial charge in [-0.3, -0.25) is 0 Å². The molecule has 0 N–H and O–H groups in total. The SMILES string of the molecule is C1=CCC2C(=C1)N(c1cccc(C3=CCCC=C3)c1)c1ccc(-c3ccc4oc5cccc(-c6nc(-c7ccccc7)nc(-c7ccc(-c8ccccc8)cc7)n6)c5c4c3)cc12. The van der Waals surface area contributed by atoms with Gasteiger partial charge < -0.3 is 9.32 Å². The maximum atomic E-state index is 6.55. The number of furan rings is 1. The summed E-state index contributed by atoms with van der Waals surface area (Å²) < 4.78 is 6.55. The van der Waals surface area contributed by atoms with Crippen LogP contribution in [0, 0.1) is 0 Å². The number of fused-ring (bicyclic) bond motifs is 6. The second-order valence-electron chi connectivity index (χ2n) is 16.2. The number of anilines is 2. The van der Waals surface area contributed by atoms with E-state index >= 15 is 0 Å². The third-order valence-electron chi connectivity index (χ3n) is 12.5. The summed E-state index contributed by atoms with van der Waals surface area (Å²) in [6, 6.07) is 57.7. The van der Waals surface area contributed by atoms with Gasteiger partial charge in [0.25, 0.3) is 0 Å². The molecule has 3 aliphatic rings. The number of nitrogens with zero attached hydrogens (tertiary/aromatic N) is 4. The summed E-state index contributed by atoms with van der Waals surface area (Å²) in [4.78, 5) is 17.8. The van der Waals surface area contributed by atoms with Crippen molar-refractivity contribution >= 4 is 38.9 Å². The predicted molar refractivity (Wildman–Crippen MR) is 254 cm³/mol. The van der Waals surface area contributed by atoms with E-state index in [1.54, 1.807) is 0 Å². The van der Waals surface area contributed by atoms with Crippen molar-refractivity contribution in [2.24, 2.45) is 0 Å². The van der Waals surface area contributed by atoms with E-state index in [1.165, 1.54) is 44.9 Å². The summed E-state index contributed by atoms with van der Waals surface area (Å²) in [6.45, 7) is 0. The Balaban J connectivity index is 0.956. The highest BCUT2D eigenvalue weighted by Crippen LogP contribution is 2.52. The molecule has 0 amide bonds. The molecule has 5 heteroatoms. The standard InChI is InChI=1S/C57H40N4O/c1-4-14-37(15-5-1)39-26-28-41(29-27-39)56-58-55(40-18-8-3-9-19-40)59-57(60-56)47-23-13-25-53-54(47)49-36-44(31-33-52(49)62-53)43-30-32-51-48(35-43)46-22-10-11-24-50(46)61(51)45-21-12-20-42(34-45)38-16-6-2-7-17-38/h1,3-6,8-21,23-36,46H,2,7,22H2. The van der Waals surface area contributed by atoms with Crippen molar-refractivity contribution in [2.45, 2.75) is 25.2 Å². The van der Waals surface area contributed by atoms with Gasteiger partial charge in [0.1, 0.15) is 11.2 Å². The first-order chi connectivity index (χ1) is 30.7. The Bertz CT molecular complexity index is 3320. The number of allylic oxidation sites excluding steroid dienone is 8. The Morgan fingerprint density at radius 2 is 1.19 bits per heavy atom. The number of benzene rings is 7. The van der Waals surface area contributed by atoms with Gasteiger partial charge in [-0.1, -0.05) is 152 Å². The molecular formula is C57H40N4O. The quantitative estimate of drug-likeness (QED) is 0.161. The molecule has 294 valence electrons. The van der Waals surface area contributed by atoms with E-state index < -0.39 is 0 Å². The van der Waals surface area contributed by atoms with E-state index in [1.807, 2.05) is 48.5 Å². The second-order valence-corrected chi connectivity index (χ2v) is 16.2. The fourth-order valence-electron chi connectivity index (χ4n) is 9.41. The van der Waals surface area contributed by atoms with Gasteiger partial charge in [-0.15, -0.1) is 0 Å². The molecule has 2 aromatic heterocycles. The Labute approximate surface area is 360 Å². The molecule has 1 atom stereocenters. The van der Waals surface area contributed by atoms with Crippen LogP contribution in [0.3, 0.4) is 0 Å². The lowest BCUT2D eigenvalue weighted by molar-refractivity contribution is 0.669. The highest BCUT2D eigenvalue weighted by Gasteiger charge is 2.35. The van der Waals surface area contributed by atoms with Crippen LogP contribution < -0.4 is 4.90 Å². The van der Waals surface area contributed by atoms with E-state index in [4.69, 9.17) is 19.4 Å². The average molecular weight is 797 g/mol. The van der Waals surface area contributed by atoms with Crippen molar-refractivity contribution in [3.63, 3.8) is 0 Å². The molecule has 9 aromatic rings. The summed E-state index contributed by atoms with van der Waals surface area (Å²) in [5.41, 5.74) is 16.6. The molecule has 62 heavy (non-hydrogen) atoms. The largest absolute Gasteiger partial charge is 0.456 e. The van der Waals surface area contributed by atoms with Crippen LogP contribution in [0.5, 0.6) is 0 Å². The molecule has 5 nitrogen and oxygen atoms in total. The minimum absolute atomic E-state index is 0.281. The zero-order chi connectivity index (χ0) is 41.0. The van der Waals surface area contributed by atoms with Gasteiger partial charge in [0.05, 0.1) is 0 Å². The molecule has 0 saturated carbocycles. The summed E-state index contributed by atoms with van der Waals surface area (Å²) in [5, 5.41) is 2.01. The third kappa shape index (κ3) is 6.29. The number of hydrogen-bond donors (Lipinski definition) is 0. The van der Waals surface area contributed by atoms with E-state index in [0.29, 0.717) is 17.5 Å². The van der Waals surface area contributed by atoms with Crippen molar-refractivity contribution in [1.82, 2.24) is 15.0 Å². The van der Waals surface area contributed by atoms with E-state index in [9.17, 15) is 0 Å². The molecule has 1 unspecified atom stereocenters. The van der Waals surface area contributed by atoms with Gasteiger partial charge >= 0.3 is 0 Å². The highest BCUT2D eigenvalue weighted by molar-refractivity contribution is 6.13. The van der Waals surface area contributed by atoms with Crippen LogP contribution in [0.2, 0.25) is 0 Å². The number of hydrogen-bond acceptors (Lipinski definition) is 5. The van der Waals surface area contributed by atoms with Gasteiger partial charge in [-0.25, -0.2) is 15.0 Å². The minimum atomic E-state index is 0.281. The van der Waals surface area contributed by atoms with Crippen LogP contribution in [0.4, 0.5) is 11.4 Å². The Morgan fingerprint density at radius 1 is 0.516 bits per heavy atom. The zero-order valence-corrected chi connectivity index (χ0v) is 33.9. The molecule has 3 heterocycles. The molecule has 0 spiro atoms. The van der Waals surface area contributed by atoms with E-state index in [0.717, 1.165) is 69.0 Å². The molecular weight excluding hydrogens is 757 g/mol. The van der Waals surface area contributed by atoms with Crippen LogP contribution in [0.15, 0.2) is 210 Å². The lowest BCUT2D eigenvalue weighted by atomic mass is 9.90. The first kappa shape index (κ1) is 36.0. The Hall–Kier alpha value is -7.89. The van der Waals surface area contributed by atoms with Crippen molar-refractivity contribution in [3.05, 3.63) is 217 Å². The van der Waals surface area contributed by atoms with E-state index in [-0.39, 0.29) is 5.92 Å². The zero-order valence-electron chi connectivity index (χ0n) is 33.9. The molecule has 0 saturated heterocycles. The fourth-order valence-corrected chi connectivity index (χ4v) is 9.41. The summed E-state index contributed by atoms with van der Waals surface area (Å²) in [6.07, 6.45) is 16.9. The van der Waals surface area contributed by atoms with Gasteiger partial charge in [-0.2, -0.15) is 0 Å². The van der Waals surface area contributed by atoms with Gasteiger partial charge in [0.2, 0.25) is 0 Å². The van der Waals surface area contributed by atoms with Crippen molar-refractivity contribution in [2.75, 3.05) is 4.90 Å².